The number of fused-ring (bicyclic) bond motifs is 1. The number of hydrogen-bond donors (Lipinski definition) is 2. The van der Waals surface area contributed by atoms with E-state index in [2.05, 4.69) is 10.0 Å². The Morgan fingerprint density at radius 3 is 2.44 bits per heavy atom. The van der Waals surface area contributed by atoms with Crippen molar-refractivity contribution in [3.05, 3.63) is 69.4 Å². The van der Waals surface area contributed by atoms with Crippen molar-refractivity contribution in [3.63, 3.8) is 0 Å². The van der Waals surface area contributed by atoms with E-state index in [0.717, 1.165) is 11.3 Å². The number of hydrogen-bond acceptors (Lipinski definition) is 6. The number of anilines is 1. The monoisotopic (exact) mass is 492 g/mol. The van der Waals surface area contributed by atoms with Crippen molar-refractivity contribution >= 4 is 44.6 Å². The number of halogens is 1. The van der Waals surface area contributed by atoms with E-state index in [1.807, 2.05) is 13.0 Å². The summed E-state index contributed by atoms with van der Waals surface area (Å²) >= 11 is 7.36. The van der Waals surface area contributed by atoms with E-state index in [1.165, 1.54) is 23.5 Å². The fourth-order valence-electron chi connectivity index (χ4n) is 3.13. The summed E-state index contributed by atoms with van der Waals surface area (Å²) in [6.07, 6.45) is 0.731. The van der Waals surface area contributed by atoms with Gasteiger partial charge in [-0.2, -0.15) is 0 Å². The lowest BCUT2D eigenvalue weighted by Crippen LogP contribution is -2.26. The third-order valence-electron chi connectivity index (χ3n) is 4.80. The largest absolute Gasteiger partial charge is 0.490 e. The van der Waals surface area contributed by atoms with Crippen molar-refractivity contribution in [1.82, 2.24) is 5.32 Å². The first-order valence-electron chi connectivity index (χ1n) is 9.90. The number of sulfonamides is 1. The Labute approximate surface area is 195 Å². The number of thiophene rings is 1. The molecule has 0 fully saturated rings. The summed E-state index contributed by atoms with van der Waals surface area (Å²) < 4.78 is 39.9. The van der Waals surface area contributed by atoms with Gasteiger partial charge in [0.2, 0.25) is 0 Å². The maximum absolute atomic E-state index is 12.8. The number of nitrogens with one attached hydrogen (secondary N) is 2. The zero-order chi connectivity index (χ0) is 22.7. The molecule has 1 atom stereocenters. The molecule has 1 amide bonds. The smallest absolute Gasteiger partial charge is 0.262 e. The fourth-order valence-corrected chi connectivity index (χ4v) is 5.26. The SMILES string of the molecule is CC(NC(=O)c1ccc(NS(=O)(=O)c2ccc3c(c2)OCCCO3)cc1)c1ccc(Cl)s1. The molecule has 1 aliphatic rings. The Morgan fingerprint density at radius 2 is 1.75 bits per heavy atom. The summed E-state index contributed by atoms with van der Waals surface area (Å²) in [4.78, 5) is 13.5. The van der Waals surface area contributed by atoms with E-state index in [9.17, 15) is 13.2 Å². The van der Waals surface area contributed by atoms with Gasteiger partial charge in [-0.15, -0.1) is 11.3 Å². The molecule has 32 heavy (non-hydrogen) atoms. The summed E-state index contributed by atoms with van der Waals surface area (Å²) in [5, 5.41) is 2.90. The van der Waals surface area contributed by atoms with Crippen LogP contribution in [0.4, 0.5) is 5.69 Å². The van der Waals surface area contributed by atoms with Gasteiger partial charge in [-0.3, -0.25) is 9.52 Å². The summed E-state index contributed by atoms with van der Waals surface area (Å²) in [5.74, 6) is 0.661. The number of benzene rings is 2. The fraction of sp³-hybridized carbons (Fsp3) is 0.227. The molecule has 168 valence electrons. The van der Waals surface area contributed by atoms with Crippen LogP contribution in [0.15, 0.2) is 59.5 Å². The van der Waals surface area contributed by atoms with Crippen molar-refractivity contribution in [2.75, 3.05) is 17.9 Å². The highest BCUT2D eigenvalue weighted by Crippen LogP contribution is 2.32. The molecule has 0 spiro atoms. The Kier molecular flexibility index (Phi) is 6.59. The van der Waals surface area contributed by atoms with Crippen molar-refractivity contribution in [1.29, 1.82) is 0 Å². The third-order valence-corrected chi connectivity index (χ3v) is 7.59. The van der Waals surface area contributed by atoms with Crippen molar-refractivity contribution in [2.45, 2.75) is 24.3 Å². The Morgan fingerprint density at radius 1 is 1.03 bits per heavy atom. The molecule has 7 nitrogen and oxygen atoms in total. The molecule has 3 aromatic rings. The molecule has 0 bridgehead atoms. The Balaban J connectivity index is 1.43. The van der Waals surface area contributed by atoms with Gasteiger partial charge in [0.15, 0.2) is 11.5 Å². The van der Waals surface area contributed by atoms with Gasteiger partial charge in [0.25, 0.3) is 15.9 Å². The maximum atomic E-state index is 12.8. The van der Waals surface area contributed by atoms with E-state index >= 15 is 0 Å². The van der Waals surface area contributed by atoms with Crippen molar-refractivity contribution in [3.8, 4) is 11.5 Å². The summed E-state index contributed by atoms with van der Waals surface area (Å²) in [6.45, 7) is 2.86. The second kappa shape index (κ2) is 9.40. The number of carbonyl (C=O) groups is 1. The lowest BCUT2D eigenvalue weighted by Gasteiger charge is -2.13. The second-order valence-corrected chi connectivity index (χ2v) is 10.6. The van der Waals surface area contributed by atoms with Crippen LogP contribution in [0.1, 0.15) is 34.6 Å². The van der Waals surface area contributed by atoms with Crippen molar-refractivity contribution in [2.24, 2.45) is 0 Å². The molecule has 2 N–H and O–H groups in total. The van der Waals surface area contributed by atoms with Gasteiger partial charge >= 0.3 is 0 Å². The molecule has 2 heterocycles. The van der Waals surface area contributed by atoms with Gasteiger partial charge < -0.3 is 14.8 Å². The van der Waals surface area contributed by atoms with Crippen LogP contribution in [0.25, 0.3) is 0 Å². The molecule has 4 rings (SSSR count). The highest BCUT2D eigenvalue weighted by Gasteiger charge is 2.19. The van der Waals surface area contributed by atoms with E-state index in [-0.39, 0.29) is 16.8 Å². The number of carbonyl (C=O) groups excluding carboxylic acids is 1. The highest BCUT2D eigenvalue weighted by molar-refractivity contribution is 7.92. The average Bonchev–Trinajstić information content (AvgIpc) is 3.07. The van der Waals surface area contributed by atoms with Crippen molar-refractivity contribution < 1.29 is 22.7 Å². The van der Waals surface area contributed by atoms with E-state index in [1.54, 1.807) is 36.4 Å². The van der Waals surface area contributed by atoms with Gasteiger partial charge in [-0.25, -0.2) is 8.42 Å². The molecular weight excluding hydrogens is 472 g/mol. The minimum atomic E-state index is -3.84. The van der Waals surface area contributed by atoms with Crippen LogP contribution < -0.4 is 19.5 Å². The van der Waals surface area contributed by atoms with Gasteiger partial charge in [-0.1, -0.05) is 11.6 Å². The number of rotatable bonds is 6. The molecule has 2 aromatic carbocycles. The lowest BCUT2D eigenvalue weighted by atomic mass is 10.2. The van der Waals surface area contributed by atoms with Gasteiger partial charge in [0.1, 0.15) is 0 Å². The van der Waals surface area contributed by atoms with Gasteiger partial charge in [-0.05, 0) is 55.5 Å². The minimum absolute atomic E-state index is 0.0620. The van der Waals surface area contributed by atoms with E-state index in [0.29, 0.717) is 40.3 Å². The van der Waals surface area contributed by atoms with Crippen LogP contribution in [-0.2, 0) is 10.0 Å². The summed E-state index contributed by atoms with van der Waals surface area (Å²) in [5.41, 5.74) is 0.754. The predicted molar refractivity (Wildman–Crippen MR) is 125 cm³/mol. The first kappa shape index (κ1) is 22.4. The lowest BCUT2D eigenvalue weighted by molar-refractivity contribution is 0.0940. The van der Waals surface area contributed by atoms with E-state index < -0.39 is 10.0 Å². The molecule has 1 unspecified atom stereocenters. The highest BCUT2D eigenvalue weighted by atomic mass is 35.5. The number of ether oxygens (including phenoxy) is 2. The molecule has 1 aromatic heterocycles. The maximum Gasteiger partial charge on any atom is 0.262 e. The molecule has 0 aliphatic carbocycles. The third kappa shape index (κ3) is 5.17. The quantitative estimate of drug-likeness (QED) is 0.512. The van der Waals surface area contributed by atoms with Gasteiger partial charge in [0.05, 0.1) is 28.5 Å². The predicted octanol–water partition coefficient (Wildman–Crippen LogP) is 4.85. The van der Waals surface area contributed by atoms with E-state index in [4.69, 9.17) is 21.1 Å². The molecular formula is C22H21ClN2O5S2. The second-order valence-electron chi connectivity index (χ2n) is 7.18. The zero-order valence-corrected chi connectivity index (χ0v) is 19.5. The molecule has 10 heteroatoms. The van der Waals surface area contributed by atoms with Crippen LogP contribution in [0, 0.1) is 0 Å². The summed E-state index contributed by atoms with van der Waals surface area (Å²) in [7, 11) is -3.84. The van der Waals surface area contributed by atoms with Crippen LogP contribution in [0.5, 0.6) is 11.5 Å². The van der Waals surface area contributed by atoms with Crippen LogP contribution >= 0.6 is 22.9 Å². The molecule has 1 aliphatic heterocycles. The Bertz CT molecular complexity index is 1230. The molecule has 0 radical (unpaired) electrons. The normalized spacial score (nSPS) is 14.3. The van der Waals surface area contributed by atoms with Crippen LogP contribution in [0.2, 0.25) is 4.34 Å². The molecule has 0 saturated heterocycles. The topological polar surface area (TPSA) is 93.7 Å². The zero-order valence-electron chi connectivity index (χ0n) is 17.1. The molecule has 0 saturated carbocycles. The average molecular weight is 493 g/mol. The standard InChI is InChI=1S/C22H21ClN2O5S2/c1-14(20-9-10-21(23)31-20)24-22(26)15-3-5-16(6-4-15)25-32(27,28)17-7-8-18-19(13-17)30-12-2-11-29-18/h3-10,13-14,25H,2,11-12H2,1H3,(H,24,26). The summed E-state index contributed by atoms with van der Waals surface area (Å²) in [6, 6.07) is 14.2. The first-order valence-corrected chi connectivity index (χ1v) is 12.6. The van der Waals surface area contributed by atoms with Crippen LogP contribution in [-0.4, -0.2) is 27.5 Å². The van der Waals surface area contributed by atoms with Gasteiger partial charge in [0, 0.05) is 28.6 Å². The first-order chi connectivity index (χ1) is 15.3. The Hall–Kier alpha value is -2.75. The minimum Gasteiger partial charge on any atom is -0.490 e. The van der Waals surface area contributed by atoms with Crippen LogP contribution in [0.3, 0.4) is 0 Å². The number of amides is 1.